The summed E-state index contributed by atoms with van der Waals surface area (Å²) in [4.78, 5) is 60.8. The lowest BCUT2D eigenvalue weighted by Crippen LogP contribution is -2.56. The number of hydrogen-bond donors (Lipinski definition) is 5. The first-order chi connectivity index (χ1) is 24.4. The summed E-state index contributed by atoms with van der Waals surface area (Å²) in [6.07, 6.45) is 4.96. The molecule has 5 N–H and O–H groups in total. The van der Waals surface area contributed by atoms with Gasteiger partial charge in [-0.1, -0.05) is 62.4 Å². The quantitative estimate of drug-likeness (QED) is 0.156. The number of thiazole rings is 1. The zero-order chi connectivity index (χ0) is 36.8. The number of ether oxygens (including phenoxy) is 1. The van der Waals surface area contributed by atoms with Gasteiger partial charge in [0.05, 0.1) is 54.0 Å². The van der Waals surface area contributed by atoms with Gasteiger partial charge in [-0.3, -0.25) is 19.2 Å². The van der Waals surface area contributed by atoms with Gasteiger partial charge in [-0.2, -0.15) is 0 Å². The topological polar surface area (TPSA) is 170 Å². The summed E-state index contributed by atoms with van der Waals surface area (Å²) in [5, 5.41) is 33.2. The Bertz CT molecular complexity index is 1370. The molecule has 1 saturated heterocycles. The third-order valence-electron chi connectivity index (χ3n) is 10.1. The first kappa shape index (κ1) is 40.4. The van der Waals surface area contributed by atoms with Gasteiger partial charge in [0.1, 0.15) is 6.04 Å². The SMILES string of the molecule is CCNC(=O)C(CC(O)C(CC1CCCCC1)NC(=O)C(Cc1cscn1)NC(=O)C(CC(=O)N1CCOCC1)Cc1ccccc1)C(C)(C)O. The molecular weight excluding hydrogens is 671 g/mol. The lowest BCUT2D eigenvalue weighted by atomic mass is 9.80. The van der Waals surface area contributed by atoms with E-state index in [0.717, 1.165) is 37.7 Å². The van der Waals surface area contributed by atoms with Crippen molar-refractivity contribution < 1.29 is 34.1 Å². The Labute approximate surface area is 306 Å². The van der Waals surface area contributed by atoms with Crippen molar-refractivity contribution in [3.05, 3.63) is 52.5 Å². The Morgan fingerprint density at radius 3 is 2.33 bits per heavy atom. The van der Waals surface area contributed by atoms with E-state index in [-0.39, 0.29) is 37.0 Å². The van der Waals surface area contributed by atoms with Crippen molar-refractivity contribution in [1.82, 2.24) is 25.8 Å². The van der Waals surface area contributed by atoms with Gasteiger partial charge >= 0.3 is 0 Å². The molecule has 0 spiro atoms. The highest BCUT2D eigenvalue weighted by molar-refractivity contribution is 7.07. The first-order valence-corrected chi connectivity index (χ1v) is 19.4. The molecule has 1 aromatic carbocycles. The largest absolute Gasteiger partial charge is 0.391 e. The van der Waals surface area contributed by atoms with Gasteiger partial charge in [-0.15, -0.1) is 11.3 Å². The number of aromatic nitrogens is 1. The second-order valence-corrected chi connectivity index (χ2v) is 15.3. The Hall–Kier alpha value is -3.39. The molecule has 4 rings (SSSR count). The molecule has 5 unspecified atom stereocenters. The van der Waals surface area contributed by atoms with E-state index in [1.165, 1.54) is 11.3 Å². The second-order valence-electron chi connectivity index (χ2n) is 14.6. The van der Waals surface area contributed by atoms with Gasteiger partial charge in [0, 0.05) is 37.9 Å². The molecule has 1 aliphatic carbocycles. The van der Waals surface area contributed by atoms with Gasteiger partial charge in [0.2, 0.25) is 23.6 Å². The fourth-order valence-electron chi connectivity index (χ4n) is 7.15. The molecule has 1 aromatic heterocycles. The summed E-state index contributed by atoms with van der Waals surface area (Å²) in [7, 11) is 0. The van der Waals surface area contributed by atoms with Crippen molar-refractivity contribution in [1.29, 1.82) is 0 Å². The van der Waals surface area contributed by atoms with Crippen LogP contribution in [0.15, 0.2) is 41.2 Å². The number of rotatable bonds is 18. The highest BCUT2D eigenvalue weighted by atomic mass is 32.1. The van der Waals surface area contributed by atoms with E-state index in [9.17, 15) is 29.4 Å². The fraction of sp³-hybridized carbons (Fsp3) is 0.658. The molecule has 1 saturated carbocycles. The van der Waals surface area contributed by atoms with E-state index >= 15 is 0 Å². The van der Waals surface area contributed by atoms with Crippen molar-refractivity contribution in [2.45, 2.75) is 109 Å². The number of nitrogens with one attached hydrogen (secondary N) is 3. The minimum atomic E-state index is -1.41. The molecular formula is C38H57N5O7S. The van der Waals surface area contributed by atoms with E-state index in [4.69, 9.17) is 4.74 Å². The number of morpholine rings is 1. The second kappa shape index (κ2) is 20.0. The zero-order valence-electron chi connectivity index (χ0n) is 30.4. The lowest BCUT2D eigenvalue weighted by molar-refractivity contribution is -0.140. The molecule has 2 heterocycles. The van der Waals surface area contributed by atoms with Gasteiger partial charge in [-0.05, 0) is 51.5 Å². The van der Waals surface area contributed by atoms with Crippen molar-refractivity contribution in [2.24, 2.45) is 17.8 Å². The standard InChI is InChI=1S/C38H57N5O7S/c1-4-39-36(47)30(38(2,3)49)23-33(44)31(20-27-13-9-6-10-14-27)41-37(48)32(22-29-24-51-25-40-29)42-35(46)28(19-26-11-7-5-8-12-26)21-34(45)43-15-17-50-18-16-43/h5,7-8,11-12,24-25,27-28,30-33,44,49H,4,6,9-10,13-23H2,1-3H3,(H,39,47)(H,41,48)(H,42,46). The van der Waals surface area contributed by atoms with Crippen molar-refractivity contribution >= 4 is 35.0 Å². The number of benzene rings is 1. The van der Waals surface area contributed by atoms with E-state index in [0.29, 0.717) is 51.4 Å². The predicted molar refractivity (Wildman–Crippen MR) is 196 cm³/mol. The first-order valence-electron chi connectivity index (χ1n) is 18.5. The molecule has 2 aliphatic rings. The van der Waals surface area contributed by atoms with Gasteiger partial charge in [0.25, 0.3) is 0 Å². The monoisotopic (exact) mass is 727 g/mol. The molecule has 5 atom stereocenters. The highest BCUT2D eigenvalue weighted by Crippen LogP contribution is 2.30. The Balaban J connectivity index is 1.56. The average Bonchev–Trinajstić information content (AvgIpc) is 3.63. The lowest BCUT2D eigenvalue weighted by Gasteiger charge is -2.35. The number of nitrogens with zero attached hydrogens (tertiary/aromatic N) is 2. The number of carbonyl (C=O) groups excluding carboxylic acids is 4. The van der Waals surface area contributed by atoms with Gasteiger partial charge in [0.15, 0.2) is 0 Å². The minimum absolute atomic E-state index is 0.0209. The minimum Gasteiger partial charge on any atom is -0.391 e. The van der Waals surface area contributed by atoms with Crippen LogP contribution in [0.5, 0.6) is 0 Å². The predicted octanol–water partition coefficient (Wildman–Crippen LogP) is 3.01. The third-order valence-corrected chi connectivity index (χ3v) is 10.7. The number of amides is 4. The number of aliphatic hydroxyl groups excluding tert-OH is 1. The van der Waals surface area contributed by atoms with Crippen LogP contribution in [0.1, 0.15) is 83.4 Å². The van der Waals surface area contributed by atoms with Crippen LogP contribution < -0.4 is 16.0 Å². The van der Waals surface area contributed by atoms with Crippen LogP contribution in [0.4, 0.5) is 0 Å². The van der Waals surface area contributed by atoms with Crippen molar-refractivity contribution in [3.63, 3.8) is 0 Å². The maximum atomic E-state index is 14.3. The molecule has 0 radical (unpaired) electrons. The summed E-state index contributed by atoms with van der Waals surface area (Å²) in [5.41, 5.74) is 1.79. The van der Waals surface area contributed by atoms with Crippen LogP contribution >= 0.6 is 11.3 Å². The summed E-state index contributed by atoms with van der Waals surface area (Å²) in [6.45, 7) is 7.09. The fourth-order valence-corrected chi connectivity index (χ4v) is 7.72. The molecule has 13 heteroatoms. The van der Waals surface area contributed by atoms with Gasteiger partial charge in [-0.25, -0.2) is 4.98 Å². The van der Waals surface area contributed by atoms with Crippen LogP contribution in [0.3, 0.4) is 0 Å². The van der Waals surface area contributed by atoms with Crippen molar-refractivity contribution in [3.8, 4) is 0 Å². The summed E-state index contributed by atoms with van der Waals surface area (Å²) >= 11 is 1.38. The number of carbonyl (C=O) groups is 4. The van der Waals surface area contributed by atoms with Crippen LogP contribution in [0.25, 0.3) is 0 Å². The zero-order valence-corrected chi connectivity index (χ0v) is 31.2. The Morgan fingerprint density at radius 2 is 1.71 bits per heavy atom. The normalized spacial score (nSPS) is 18.6. The van der Waals surface area contributed by atoms with Gasteiger partial charge < -0.3 is 35.8 Å². The molecule has 4 amide bonds. The summed E-state index contributed by atoms with van der Waals surface area (Å²) in [5.74, 6) is -2.77. The highest BCUT2D eigenvalue weighted by Gasteiger charge is 2.39. The molecule has 0 bridgehead atoms. The Morgan fingerprint density at radius 1 is 1.00 bits per heavy atom. The van der Waals surface area contributed by atoms with E-state index < -0.39 is 47.4 Å². The van der Waals surface area contributed by atoms with E-state index in [1.807, 2.05) is 35.7 Å². The van der Waals surface area contributed by atoms with Crippen molar-refractivity contribution in [2.75, 3.05) is 32.8 Å². The molecule has 51 heavy (non-hydrogen) atoms. The van der Waals surface area contributed by atoms with Crippen LogP contribution in [0, 0.1) is 17.8 Å². The summed E-state index contributed by atoms with van der Waals surface area (Å²) < 4.78 is 5.41. The maximum Gasteiger partial charge on any atom is 0.243 e. The smallest absolute Gasteiger partial charge is 0.243 e. The molecule has 282 valence electrons. The Kier molecular flexibility index (Phi) is 15.8. The third kappa shape index (κ3) is 13.0. The van der Waals surface area contributed by atoms with E-state index in [1.54, 1.807) is 31.2 Å². The molecule has 1 aliphatic heterocycles. The maximum absolute atomic E-state index is 14.3. The molecule has 2 aromatic rings. The number of hydrogen-bond acceptors (Lipinski definition) is 9. The van der Waals surface area contributed by atoms with E-state index in [2.05, 4.69) is 20.9 Å². The number of aliphatic hydroxyl groups is 2. The molecule has 12 nitrogen and oxygen atoms in total. The van der Waals surface area contributed by atoms with Crippen LogP contribution in [-0.2, 0) is 36.8 Å². The van der Waals surface area contributed by atoms with Crippen LogP contribution in [0.2, 0.25) is 0 Å². The molecule has 2 fully saturated rings. The van der Waals surface area contributed by atoms with Crippen LogP contribution in [-0.4, -0.2) is 100 Å². The average molecular weight is 728 g/mol. The summed E-state index contributed by atoms with van der Waals surface area (Å²) in [6, 6.07) is 7.74.